The summed E-state index contributed by atoms with van der Waals surface area (Å²) in [6.07, 6.45) is 13.1. The van der Waals surface area contributed by atoms with E-state index in [2.05, 4.69) is 24.0 Å². The number of carboxylic acids is 1. The van der Waals surface area contributed by atoms with Crippen molar-refractivity contribution in [2.45, 2.75) is 51.0 Å². The van der Waals surface area contributed by atoms with Gasteiger partial charge in [0, 0.05) is 6.42 Å². The Morgan fingerprint density at radius 2 is 1.69 bits per heavy atom. The number of allylic oxidation sites excluding steroid dienone is 4. The normalized spacial score (nSPS) is 12.0. The van der Waals surface area contributed by atoms with Crippen LogP contribution < -0.4 is 4.74 Å². The summed E-state index contributed by atoms with van der Waals surface area (Å²) in [5.74, 6) is 5.56. The number of para-hydroxylation sites is 1. The van der Waals surface area contributed by atoms with Crippen LogP contribution in [-0.4, -0.2) is 28.9 Å². The molecule has 0 saturated carbocycles. The van der Waals surface area contributed by atoms with E-state index in [0.29, 0.717) is 6.42 Å². The third-order valence-corrected chi connectivity index (χ3v) is 3.52. The average molecular weight is 356 g/mol. The van der Waals surface area contributed by atoms with Crippen LogP contribution in [0.5, 0.6) is 5.75 Å². The molecule has 0 heterocycles. The Kier molecular flexibility index (Phi) is 12.3. The van der Waals surface area contributed by atoms with Gasteiger partial charge in [-0.1, -0.05) is 48.3 Å². The number of carbonyl (C=O) groups is 1. The second-order valence-electron chi connectivity index (χ2n) is 5.87. The minimum absolute atomic E-state index is 0.156. The first-order valence-corrected chi connectivity index (χ1v) is 9.07. The molecule has 0 aliphatic carbocycles. The molecule has 0 fully saturated rings. The predicted octanol–water partition coefficient (Wildman–Crippen LogP) is 4.36. The first kappa shape index (κ1) is 21.5. The summed E-state index contributed by atoms with van der Waals surface area (Å²) in [4.78, 5) is 10.4. The zero-order valence-electron chi connectivity index (χ0n) is 15.1. The summed E-state index contributed by atoms with van der Waals surface area (Å²) < 4.78 is 5.42. The van der Waals surface area contributed by atoms with Crippen LogP contribution in [-0.2, 0) is 4.79 Å². The number of ether oxygens (including phenoxy) is 1. The summed E-state index contributed by atoms with van der Waals surface area (Å²) in [6, 6.07) is 9.35. The molecule has 4 nitrogen and oxygen atoms in total. The Bertz CT molecular complexity index is 608. The van der Waals surface area contributed by atoms with Crippen molar-refractivity contribution in [3.05, 3.63) is 54.6 Å². The van der Waals surface area contributed by atoms with E-state index in [1.165, 1.54) is 0 Å². The smallest absolute Gasteiger partial charge is 0.303 e. The van der Waals surface area contributed by atoms with Gasteiger partial charge in [-0.05, 0) is 56.7 Å². The lowest BCUT2D eigenvalue weighted by Gasteiger charge is -2.06. The van der Waals surface area contributed by atoms with Gasteiger partial charge >= 0.3 is 5.97 Å². The molecule has 1 aromatic carbocycles. The average Bonchev–Trinajstić information content (AvgIpc) is 2.64. The fraction of sp³-hybridized carbons (Fsp3) is 0.409. The minimum atomic E-state index is -0.800. The summed E-state index contributed by atoms with van der Waals surface area (Å²) in [7, 11) is 0. The molecule has 0 bridgehead atoms. The first-order chi connectivity index (χ1) is 12.7. The highest BCUT2D eigenvalue weighted by atomic mass is 16.5. The number of benzene rings is 1. The van der Waals surface area contributed by atoms with Crippen LogP contribution in [0.3, 0.4) is 0 Å². The molecule has 0 aliphatic rings. The molecule has 140 valence electrons. The second kappa shape index (κ2) is 14.8. The highest BCUT2D eigenvalue weighted by Crippen LogP contribution is 2.08. The number of carboxylic acid groups (broad SMARTS) is 1. The molecule has 2 N–H and O–H groups in total. The highest BCUT2D eigenvalue weighted by Gasteiger charge is 1.99. The number of aliphatic carboxylic acids is 1. The van der Waals surface area contributed by atoms with E-state index >= 15 is 0 Å². The lowest BCUT2D eigenvalue weighted by molar-refractivity contribution is -0.137. The molecule has 26 heavy (non-hydrogen) atoms. The van der Waals surface area contributed by atoms with Gasteiger partial charge in [0.15, 0.2) is 0 Å². The fourth-order valence-electron chi connectivity index (χ4n) is 2.15. The molecule has 1 aromatic rings. The summed E-state index contributed by atoms with van der Waals surface area (Å²) in [6.45, 7) is 0.156. The SMILES string of the molecule is O=C(O)CCC/C=C/CCCC/C=C/C#CC(O)COc1ccccc1. The molecule has 0 aromatic heterocycles. The zero-order chi connectivity index (χ0) is 18.9. The third-order valence-electron chi connectivity index (χ3n) is 3.52. The van der Waals surface area contributed by atoms with E-state index in [1.807, 2.05) is 36.4 Å². The molecule has 0 aliphatic heterocycles. The predicted molar refractivity (Wildman–Crippen MR) is 104 cm³/mol. The van der Waals surface area contributed by atoms with Crippen molar-refractivity contribution in [3.63, 3.8) is 0 Å². The number of hydrogen-bond acceptors (Lipinski definition) is 3. The van der Waals surface area contributed by atoms with Gasteiger partial charge in [0.1, 0.15) is 18.5 Å². The van der Waals surface area contributed by atoms with Crippen molar-refractivity contribution < 1.29 is 19.7 Å². The molecular formula is C22H28O4. The van der Waals surface area contributed by atoms with Crippen molar-refractivity contribution in [1.29, 1.82) is 0 Å². The van der Waals surface area contributed by atoms with Crippen molar-refractivity contribution in [2.24, 2.45) is 0 Å². The van der Waals surface area contributed by atoms with Gasteiger partial charge in [-0.25, -0.2) is 0 Å². The van der Waals surface area contributed by atoms with Gasteiger partial charge in [0.2, 0.25) is 0 Å². The fourth-order valence-corrected chi connectivity index (χ4v) is 2.15. The maximum atomic E-state index is 10.4. The van der Waals surface area contributed by atoms with Crippen LogP contribution in [0.15, 0.2) is 54.6 Å². The van der Waals surface area contributed by atoms with Crippen molar-refractivity contribution in [2.75, 3.05) is 6.61 Å². The zero-order valence-corrected chi connectivity index (χ0v) is 15.1. The summed E-state index contributed by atoms with van der Waals surface area (Å²) in [5, 5.41) is 18.2. The topological polar surface area (TPSA) is 66.8 Å². The van der Waals surface area contributed by atoms with E-state index in [0.717, 1.165) is 37.9 Å². The molecule has 1 rings (SSSR count). The third kappa shape index (κ3) is 12.9. The van der Waals surface area contributed by atoms with Crippen LogP contribution in [0.2, 0.25) is 0 Å². The number of rotatable bonds is 12. The van der Waals surface area contributed by atoms with Crippen LogP contribution in [0.4, 0.5) is 0 Å². The lowest BCUT2D eigenvalue weighted by atomic mass is 10.1. The number of unbranched alkanes of at least 4 members (excludes halogenated alkanes) is 4. The van der Waals surface area contributed by atoms with Gasteiger partial charge in [-0.2, -0.15) is 0 Å². The minimum Gasteiger partial charge on any atom is -0.490 e. The molecule has 0 amide bonds. The monoisotopic (exact) mass is 356 g/mol. The molecule has 1 unspecified atom stereocenters. The number of aliphatic hydroxyl groups is 1. The highest BCUT2D eigenvalue weighted by molar-refractivity contribution is 5.66. The standard InChI is InChI=1S/C22H28O4/c23-20(19-26-21-16-12-10-13-17-21)15-11-8-6-4-2-1-3-5-7-9-14-18-22(24)25/h5-8,10,12-13,16-17,20,23H,1-4,9,14,18-19H2,(H,24,25)/b7-5+,8-6+. The van der Waals surface area contributed by atoms with Crippen LogP contribution in [0.25, 0.3) is 0 Å². The van der Waals surface area contributed by atoms with E-state index < -0.39 is 12.1 Å². The van der Waals surface area contributed by atoms with Crippen LogP contribution in [0.1, 0.15) is 44.9 Å². The Morgan fingerprint density at radius 1 is 1.04 bits per heavy atom. The number of hydrogen-bond donors (Lipinski definition) is 2. The van der Waals surface area contributed by atoms with E-state index in [9.17, 15) is 9.90 Å². The molecule has 0 saturated heterocycles. The Labute approximate surface area is 156 Å². The Hall–Kier alpha value is -2.51. The van der Waals surface area contributed by atoms with Gasteiger partial charge in [0.05, 0.1) is 0 Å². The van der Waals surface area contributed by atoms with Crippen molar-refractivity contribution in [3.8, 4) is 17.6 Å². The molecule has 1 atom stereocenters. The lowest BCUT2D eigenvalue weighted by Crippen LogP contribution is -2.14. The molecule has 0 spiro atoms. The van der Waals surface area contributed by atoms with E-state index in [4.69, 9.17) is 9.84 Å². The summed E-state index contributed by atoms with van der Waals surface area (Å²) >= 11 is 0. The Balaban J connectivity index is 2.01. The molecule has 4 heteroatoms. The van der Waals surface area contributed by atoms with Gasteiger partial charge in [-0.15, -0.1) is 0 Å². The van der Waals surface area contributed by atoms with E-state index in [-0.39, 0.29) is 13.0 Å². The van der Waals surface area contributed by atoms with Gasteiger partial charge < -0.3 is 14.9 Å². The van der Waals surface area contributed by atoms with Crippen molar-refractivity contribution >= 4 is 5.97 Å². The van der Waals surface area contributed by atoms with Gasteiger partial charge in [-0.3, -0.25) is 4.79 Å². The van der Waals surface area contributed by atoms with Crippen LogP contribution >= 0.6 is 0 Å². The maximum Gasteiger partial charge on any atom is 0.303 e. The maximum absolute atomic E-state index is 10.4. The van der Waals surface area contributed by atoms with Crippen LogP contribution in [0, 0.1) is 11.8 Å². The van der Waals surface area contributed by atoms with Crippen molar-refractivity contribution in [1.82, 2.24) is 0 Å². The van der Waals surface area contributed by atoms with Gasteiger partial charge in [0.25, 0.3) is 0 Å². The second-order valence-corrected chi connectivity index (χ2v) is 5.87. The molecule has 0 radical (unpaired) electrons. The van der Waals surface area contributed by atoms with E-state index in [1.54, 1.807) is 6.08 Å². The Morgan fingerprint density at radius 3 is 2.38 bits per heavy atom. The number of aliphatic hydroxyl groups excluding tert-OH is 1. The quantitative estimate of drug-likeness (QED) is 0.332. The first-order valence-electron chi connectivity index (χ1n) is 9.07. The largest absolute Gasteiger partial charge is 0.490 e. The molecular weight excluding hydrogens is 328 g/mol. The summed E-state index contributed by atoms with van der Waals surface area (Å²) in [5.41, 5.74) is 0.